The Balaban J connectivity index is 1.58. The lowest BCUT2D eigenvalue weighted by Gasteiger charge is -2.29. The molecule has 4 heteroatoms. The van der Waals surface area contributed by atoms with E-state index in [2.05, 4.69) is 105 Å². The third-order valence-corrected chi connectivity index (χ3v) is 6.76. The molecule has 0 amide bonds. The average molecular weight is 474 g/mol. The van der Waals surface area contributed by atoms with Crippen molar-refractivity contribution < 1.29 is 14.2 Å². The van der Waals surface area contributed by atoms with Crippen LogP contribution in [-0.4, -0.2) is 45.0 Å². The number of rotatable bonds is 11. The van der Waals surface area contributed by atoms with Gasteiger partial charge in [-0.3, -0.25) is 0 Å². The minimum absolute atomic E-state index is 0.127. The van der Waals surface area contributed by atoms with Crippen molar-refractivity contribution in [2.75, 3.05) is 33.9 Å². The Morgan fingerprint density at radius 1 is 0.829 bits per heavy atom. The van der Waals surface area contributed by atoms with Crippen molar-refractivity contribution in [3.8, 4) is 11.5 Å². The minimum atomic E-state index is -0.127. The molecule has 1 aliphatic heterocycles. The fraction of sp³-hybridized carbons (Fsp3) is 0.419. The summed E-state index contributed by atoms with van der Waals surface area (Å²) in [5, 5.41) is 0. The lowest BCUT2D eigenvalue weighted by Crippen LogP contribution is -2.24. The maximum Gasteiger partial charge on any atom is 0.199 e. The van der Waals surface area contributed by atoms with Crippen LogP contribution in [0.15, 0.2) is 78.9 Å². The quantitative estimate of drug-likeness (QED) is 0.304. The summed E-state index contributed by atoms with van der Waals surface area (Å²) >= 11 is 0. The molecule has 1 heterocycles. The van der Waals surface area contributed by atoms with Crippen LogP contribution >= 0.6 is 0 Å². The van der Waals surface area contributed by atoms with Gasteiger partial charge in [-0.25, -0.2) is 0 Å². The van der Waals surface area contributed by atoms with E-state index in [4.69, 9.17) is 14.2 Å². The van der Waals surface area contributed by atoms with Gasteiger partial charge in [0.1, 0.15) is 18.1 Å². The van der Waals surface area contributed by atoms with E-state index in [0.29, 0.717) is 12.5 Å². The van der Waals surface area contributed by atoms with Gasteiger partial charge in [0, 0.05) is 18.9 Å². The summed E-state index contributed by atoms with van der Waals surface area (Å²) in [6.07, 6.45) is 4.16. The number of nitrogens with zero attached hydrogens (tertiary/aromatic N) is 1. The largest absolute Gasteiger partial charge is 0.492 e. The molecule has 1 fully saturated rings. The Morgan fingerprint density at radius 3 is 2.06 bits per heavy atom. The second-order valence-corrected chi connectivity index (χ2v) is 9.61. The fourth-order valence-electron chi connectivity index (χ4n) is 4.85. The summed E-state index contributed by atoms with van der Waals surface area (Å²) in [4.78, 5) is 2.13. The number of hydrogen-bond donors (Lipinski definition) is 0. The van der Waals surface area contributed by atoms with E-state index in [-0.39, 0.29) is 12.2 Å². The first-order valence-electron chi connectivity index (χ1n) is 12.9. The van der Waals surface area contributed by atoms with Crippen LogP contribution in [0.1, 0.15) is 61.1 Å². The van der Waals surface area contributed by atoms with Crippen LogP contribution in [0.25, 0.3) is 0 Å². The molecule has 0 bridgehead atoms. The van der Waals surface area contributed by atoms with Gasteiger partial charge in [0.2, 0.25) is 0 Å². The molecule has 3 atom stereocenters. The zero-order valence-corrected chi connectivity index (χ0v) is 21.4. The van der Waals surface area contributed by atoms with Crippen molar-refractivity contribution in [2.45, 2.75) is 50.7 Å². The van der Waals surface area contributed by atoms with Crippen LogP contribution in [0.2, 0.25) is 0 Å². The molecule has 0 N–H and O–H groups in total. The van der Waals surface area contributed by atoms with Gasteiger partial charge in [0.15, 0.2) is 6.29 Å². The average Bonchev–Trinajstić information content (AvgIpc) is 2.89. The Bertz CT molecular complexity index is 996. The molecule has 35 heavy (non-hydrogen) atoms. The highest BCUT2D eigenvalue weighted by atomic mass is 16.7. The molecular weight excluding hydrogens is 434 g/mol. The second kappa shape index (κ2) is 12.8. The van der Waals surface area contributed by atoms with Crippen molar-refractivity contribution in [1.29, 1.82) is 0 Å². The Hall–Kier alpha value is -2.82. The molecular formula is C31H39NO3. The van der Waals surface area contributed by atoms with E-state index in [0.717, 1.165) is 50.3 Å². The molecule has 1 aliphatic rings. The second-order valence-electron chi connectivity index (χ2n) is 9.61. The lowest BCUT2D eigenvalue weighted by atomic mass is 9.76. The van der Waals surface area contributed by atoms with Crippen LogP contribution in [0.3, 0.4) is 0 Å². The van der Waals surface area contributed by atoms with Gasteiger partial charge >= 0.3 is 0 Å². The number of hydrogen-bond acceptors (Lipinski definition) is 4. The van der Waals surface area contributed by atoms with Gasteiger partial charge in [-0.05, 0) is 80.2 Å². The molecule has 0 aliphatic carbocycles. The zero-order chi connectivity index (χ0) is 24.5. The van der Waals surface area contributed by atoms with Crippen LogP contribution in [-0.2, 0) is 4.74 Å². The molecule has 0 aromatic heterocycles. The summed E-state index contributed by atoms with van der Waals surface area (Å²) < 4.78 is 17.8. The van der Waals surface area contributed by atoms with Crippen LogP contribution in [0, 0.1) is 0 Å². The van der Waals surface area contributed by atoms with E-state index in [1.807, 2.05) is 0 Å². The predicted octanol–water partition coefficient (Wildman–Crippen LogP) is 6.86. The van der Waals surface area contributed by atoms with Gasteiger partial charge in [0.25, 0.3) is 0 Å². The van der Waals surface area contributed by atoms with Gasteiger partial charge in [-0.1, -0.05) is 61.5 Å². The van der Waals surface area contributed by atoms with E-state index in [1.165, 1.54) is 16.7 Å². The monoisotopic (exact) mass is 473 g/mol. The Morgan fingerprint density at radius 2 is 1.49 bits per heavy atom. The van der Waals surface area contributed by atoms with Crippen molar-refractivity contribution in [2.24, 2.45) is 0 Å². The molecule has 3 unspecified atom stereocenters. The van der Waals surface area contributed by atoms with Crippen LogP contribution < -0.4 is 9.47 Å². The van der Waals surface area contributed by atoms with Crippen molar-refractivity contribution in [3.05, 3.63) is 95.6 Å². The smallest absolute Gasteiger partial charge is 0.199 e. The number of ether oxygens (including phenoxy) is 3. The SMILES string of the molecule is CCC(c1ccccc1)C(c1ccc(OCCN(C)C)cc1)c1ccc(OC2CCCCO2)cc1. The standard InChI is InChI=1S/C31H39NO3/c1-4-29(24-10-6-5-7-11-24)31(25-13-17-27(18-14-25)33-23-21-32(2)3)26-15-19-28(20-16-26)35-30-12-8-9-22-34-30/h5-7,10-11,13-20,29-31H,4,8-9,12,21-23H2,1-3H3. The number of likely N-dealkylation sites (N-methyl/N-ethyl adjacent to an activating group) is 1. The minimum Gasteiger partial charge on any atom is -0.492 e. The molecule has 3 aromatic carbocycles. The molecule has 3 aromatic rings. The highest BCUT2D eigenvalue weighted by Gasteiger charge is 2.26. The molecule has 0 spiro atoms. The topological polar surface area (TPSA) is 30.9 Å². The first kappa shape index (κ1) is 25.3. The van der Waals surface area contributed by atoms with Crippen LogP contribution in [0.5, 0.6) is 11.5 Å². The summed E-state index contributed by atoms with van der Waals surface area (Å²) in [7, 11) is 4.12. The third kappa shape index (κ3) is 7.09. The van der Waals surface area contributed by atoms with Crippen LogP contribution in [0.4, 0.5) is 0 Å². The highest BCUT2D eigenvalue weighted by molar-refractivity contribution is 5.42. The molecule has 0 radical (unpaired) electrons. The maximum absolute atomic E-state index is 6.10. The lowest BCUT2D eigenvalue weighted by molar-refractivity contribution is -0.105. The highest BCUT2D eigenvalue weighted by Crippen LogP contribution is 2.41. The summed E-state index contributed by atoms with van der Waals surface area (Å²) in [5.41, 5.74) is 3.95. The molecule has 4 rings (SSSR count). The van der Waals surface area contributed by atoms with Crippen molar-refractivity contribution >= 4 is 0 Å². The molecule has 4 nitrogen and oxygen atoms in total. The van der Waals surface area contributed by atoms with Gasteiger partial charge in [-0.2, -0.15) is 0 Å². The summed E-state index contributed by atoms with van der Waals surface area (Å²) in [5.74, 6) is 2.39. The van der Waals surface area contributed by atoms with E-state index >= 15 is 0 Å². The van der Waals surface area contributed by atoms with E-state index < -0.39 is 0 Å². The first-order valence-corrected chi connectivity index (χ1v) is 12.9. The van der Waals surface area contributed by atoms with E-state index in [9.17, 15) is 0 Å². The van der Waals surface area contributed by atoms with Gasteiger partial charge < -0.3 is 19.1 Å². The summed E-state index contributed by atoms with van der Waals surface area (Å²) in [6.45, 7) is 4.65. The Kier molecular flexibility index (Phi) is 9.21. The maximum atomic E-state index is 6.10. The van der Waals surface area contributed by atoms with Gasteiger partial charge in [0.05, 0.1) is 6.61 Å². The Labute approximate surface area is 210 Å². The van der Waals surface area contributed by atoms with Gasteiger partial charge in [-0.15, -0.1) is 0 Å². The summed E-state index contributed by atoms with van der Waals surface area (Å²) in [6, 6.07) is 28.1. The normalized spacial score (nSPS) is 17.7. The predicted molar refractivity (Wildman–Crippen MR) is 142 cm³/mol. The molecule has 0 saturated carbocycles. The van der Waals surface area contributed by atoms with E-state index in [1.54, 1.807) is 0 Å². The number of benzene rings is 3. The van der Waals surface area contributed by atoms with Crippen molar-refractivity contribution in [1.82, 2.24) is 4.90 Å². The molecule has 1 saturated heterocycles. The van der Waals surface area contributed by atoms with Crippen molar-refractivity contribution in [3.63, 3.8) is 0 Å². The third-order valence-electron chi connectivity index (χ3n) is 6.76. The first-order chi connectivity index (χ1) is 17.1. The fourth-order valence-corrected chi connectivity index (χ4v) is 4.85. The zero-order valence-electron chi connectivity index (χ0n) is 21.4. The molecule has 186 valence electrons.